The van der Waals surface area contributed by atoms with Gasteiger partial charge in [-0.15, -0.1) is 0 Å². The lowest BCUT2D eigenvalue weighted by Crippen LogP contribution is -2.46. The fourth-order valence-corrected chi connectivity index (χ4v) is 2.89. The number of rotatable bonds is 1. The van der Waals surface area contributed by atoms with E-state index in [1.54, 1.807) is 0 Å². The van der Waals surface area contributed by atoms with Crippen LogP contribution in [0.25, 0.3) is 0 Å². The van der Waals surface area contributed by atoms with Crippen LogP contribution < -0.4 is 5.73 Å². The van der Waals surface area contributed by atoms with E-state index >= 15 is 0 Å². The molecule has 2 aliphatic rings. The molecule has 2 N–H and O–H groups in total. The van der Waals surface area contributed by atoms with E-state index in [4.69, 9.17) is 5.73 Å². The minimum atomic E-state index is 0.480. The van der Waals surface area contributed by atoms with Crippen LogP contribution in [-0.4, -0.2) is 30.1 Å². The average Bonchev–Trinajstić information content (AvgIpc) is 2.21. The molecule has 1 saturated heterocycles. The van der Waals surface area contributed by atoms with Gasteiger partial charge in [-0.2, -0.15) is 0 Å². The molecule has 2 fully saturated rings. The normalized spacial score (nSPS) is 37.3. The van der Waals surface area contributed by atoms with Gasteiger partial charge in [0.15, 0.2) is 0 Å². The largest absolute Gasteiger partial charge is 0.328 e. The highest BCUT2D eigenvalue weighted by Gasteiger charge is 2.26. The maximum absolute atomic E-state index is 5.92. The Balaban J connectivity index is 1.78. The molecule has 0 bridgehead atoms. The number of nitrogens with two attached hydrogens (primary N) is 1. The third-order valence-corrected chi connectivity index (χ3v) is 4.08. The quantitative estimate of drug-likeness (QED) is 0.695. The minimum Gasteiger partial charge on any atom is -0.328 e. The van der Waals surface area contributed by atoms with Crippen LogP contribution in [0, 0.1) is 5.92 Å². The van der Waals surface area contributed by atoms with Crippen molar-refractivity contribution in [3.63, 3.8) is 0 Å². The van der Waals surface area contributed by atoms with E-state index in [1.165, 1.54) is 51.6 Å². The summed E-state index contributed by atoms with van der Waals surface area (Å²) in [6.45, 7) is 4.89. The second-order valence-corrected chi connectivity index (χ2v) is 5.29. The Labute approximate surface area is 87.8 Å². The van der Waals surface area contributed by atoms with E-state index in [0.29, 0.717) is 6.04 Å². The maximum atomic E-state index is 5.92. The fraction of sp³-hybridized carbons (Fsp3) is 1.00. The first kappa shape index (κ1) is 10.4. The molecule has 1 aliphatic heterocycles. The van der Waals surface area contributed by atoms with Gasteiger partial charge >= 0.3 is 0 Å². The van der Waals surface area contributed by atoms with Crippen molar-refractivity contribution in [3.05, 3.63) is 0 Å². The van der Waals surface area contributed by atoms with Gasteiger partial charge in [-0.1, -0.05) is 6.92 Å². The molecule has 2 heteroatoms. The first-order valence-electron chi connectivity index (χ1n) is 6.25. The highest BCUT2D eigenvalue weighted by molar-refractivity contribution is 4.82. The summed E-state index contributed by atoms with van der Waals surface area (Å²) in [6, 6.07) is 1.37. The Morgan fingerprint density at radius 2 is 1.50 bits per heavy atom. The van der Waals surface area contributed by atoms with Crippen molar-refractivity contribution in [2.45, 2.75) is 57.5 Å². The molecule has 0 atom stereocenters. The Bertz CT molecular complexity index is 145. The molecular formula is C12H24N2. The van der Waals surface area contributed by atoms with Gasteiger partial charge in [0, 0.05) is 12.1 Å². The van der Waals surface area contributed by atoms with Crippen LogP contribution in [-0.2, 0) is 0 Å². The topological polar surface area (TPSA) is 29.3 Å². The summed E-state index contributed by atoms with van der Waals surface area (Å²) in [4.78, 5) is 2.69. The zero-order valence-electron chi connectivity index (χ0n) is 9.41. The standard InChI is InChI=1S/C12H24N2/c1-10-2-4-12(5-3-10)14-8-6-11(13)7-9-14/h10-12H,2-9,13H2,1H3/t10-,12-. The fourth-order valence-electron chi connectivity index (χ4n) is 2.89. The summed E-state index contributed by atoms with van der Waals surface area (Å²) in [6.07, 6.45) is 8.16. The number of nitrogens with zero attached hydrogens (tertiary/aromatic N) is 1. The van der Waals surface area contributed by atoms with Crippen molar-refractivity contribution < 1.29 is 0 Å². The van der Waals surface area contributed by atoms with Crippen LogP contribution in [0.5, 0.6) is 0 Å². The molecule has 2 rings (SSSR count). The van der Waals surface area contributed by atoms with Gasteiger partial charge in [-0.05, 0) is 57.5 Å². The van der Waals surface area contributed by atoms with Crippen LogP contribution in [0.1, 0.15) is 45.4 Å². The highest BCUT2D eigenvalue weighted by Crippen LogP contribution is 2.28. The SMILES string of the molecule is C[C@H]1CC[C@H](N2CCC(N)CC2)CC1. The lowest BCUT2D eigenvalue weighted by Gasteiger charge is -2.39. The Morgan fingerprint density at radius 1 is 0.929 bits per heavy atom. The second kappa shape index (κ2) is 4.63. The zero-order valence-corrected chi connectivity index (χ0v) is 9.41. The summed E-state index contributed by atoms with van der Waals surface area (Å²) in [5.74, 6) is 0.971. The van der Waals surface area contributed by atoms with Gasteiger partial charge in [0.05, 0.1) is 0 Å². The van der Waals surface area contributed by atoms with Crippen LogP contribution in [0.4, 0.5) is 0 Å². The predicted octanol–water partition coefficient (Wildman–Crippen LogP) is 1.99. The van der Waals surface area contributed by atoms with Gasteiger partial charge in [-0.3, -0.25) is 0 Å². The zero-order chi connectivity index (χ0) is 9.97. The summed E-state index contributed by atoms with van der Waals surface area (Å²) in [7, 11) is 0. The molecule has 0 spiro atoms. The van der Waals surface area contributed by atoms with E-state index in [9.17, 15) is 0 Å². The van der Waals surface area contributed by atoms with Gasteiger partial charge in [0.2, 0.25) is 0 Å². The van der Waals surface area contributed by atoms with Crippen LogP contribution in [0.2, 0.25) is 0 Å². The summed E-state index contributed by atoms with van der Waals surface area (Å²) >= 11 is 0. The highest BCUT2D eigenvalue weighted by atomic mass is 15.2. The number of likely N-dealkylation sites (tertiary alicyclic amines) is 1. The Kier molecular flexibility index (Phi) is 3.45. The second-order valence-electron chi connectivity index (χ2n) is 5.29. The Morgan fingerprint density at radius 3 is 2.07 bits per heavy atom. The van der Waals surface area contributed by atoms with E-state index in [0.717, 1.165) is 12.0 Å². The number of hydrogen-bond donors (Lipinski definition) is 1. The lowest BCUT2D eigenvalue weighted by atomic mass is 9.86. The molecule has 82 valence electrons. The van der Waals surface area contributed by atoms with E-state index in [1.807, 2.05) is 0 Å². The molecule has 1 saturated carbocycles. The molecule has 1 heterocycles. The van der Waals surface area contributed by atoms with Crippen LogP contribution >= 0.6 is 0 Å². The lowest BCUT2D eigenvalue weighted by molar-refractivity contribution is 0.111. The first-order chi connectivity index (χ1) is 6.75. The monoisotopic (exact) mass is 196 g/mol. The number of piperidine rings is 1. The molecule has 0 radical (unpaired) electrons. The van der Waals surface area contributed by atoms with Crippen molar-refractivity contribution in [2.24, 2.45) is 11.7 Å². The van der Waals surface area contributed by atoms with Crippen LogP contribution in [0.15, 0.2) is 0 Å². The third kappa shape index (κ3) is 2.48. The van der Waals surface area contributed by atoms with Crippen molar-refractivity contribution in [1.29, 1.82) is 0 Å². The first-order valence-corrected chi connectivity index (χ1v) is 6.25. The summed E-state index contributed by atoms with van der Waals surface area (Å²) in [5.41, 5.74) is 5.92. The number of hydrogen-bond acceptors (Lipinski definition) is 2. The molecule has 0 amide bonds. The molecular weight excluding hydrogens is 172 g/mol. The third-order valence-electron chi connectivity index (χ3n) is 4.08. The van der Waals surface area contributed by atoms with E-state index < -0.39 is 0 Å². The predicted molar refractivity (Wildman–Crippen MR) is 60.2 cm³/mol. The summed E-state index contributed by atoms with van der Waals surface area (Å²) in [5, 5.41) is 0. The minimum absolute atomic E-state index is 0.480. The van der Waals surface area contributed by atoms with E-state index in [-0.39, 0.29) is 0 Å². The molecule has 1 aliphatic carbocycles. The summed E-state index contributed by atoms with van der Waals surface area (Å²) < 4.78 is 0. The molecule has 2 nitrogen and oxygen atoms in total. The van der Waals surface area contributed by atoms with Crippen molar-refractivity contribution >= 4 is 0 Å². The van der Waals surface area contributed by atoms with Gasteiger partial charge in [-0.25, -0.2) is 0 Å². The molecule has 0 aromatic rings. The average molecular weight is 196 g/mol. The van der Waals surface area contributed by atoms with Crippen molar-refractivity contribution in [3.8, 4) is 0 Å². The smallest absolute Gasteiger partial charge is 0.00954 e. The van der Waals surface area contributed by atoms with Gasteiger partial charge in [0.25, 0.3) is 0 Å². The van der Waals surface area contributed by atoms with Crippen LogP contribution in [0.3, 0.4) is 0 Å². The van der Waals surface area contributed by atoms with Gasteiger partial charge < -0.3 is 10.6 Å². The molecule has 14 heavy (non-hydrogen) atoms. The van der Waals surface area contributed by atoms with Crippen molar-refractivity contribution in [2.75, 3.05) is 13.1 Å². The maximum Gasteiger partial charge on any atom is 0.00954 e. The van der Waals surface area contributed by atoms with Crippen molar-refractivity contribution in [1.82, 2.24) is 4.90 Å². The molecule has 0 aromatic carbocycles. The van der Waals surface area contributed by atoms with E-state index in [2.05, 4.69) is 11.8 Å². The Hall–Kier alpha value is -0.0800. The van der Waals surface area contributed by atoms with Gasteiger partial charge in [0.1, 0.15) is 0 Å². The molecule has 0 aromatic heterocycles. The molecule has 0 unspecified atom stereocenters.